The first-order valence-corrected chi connectivity index (χ1v) is 14.7. The summed E-state index contributed by atoms with van der Waals surface area (Å²) in [7, 11) is 0. The normalized spacial score (nSPS) is 44.3. The van der Waals surface area contributed by atoms with E-state index in [4.69, 9.17) is 32.7 Å². The number of esters is 2. The van der Waals surface area contributed by atoms with Crippen LogP contribution in [0.3, 0.4) is 0 Å². The number of carbonyl (C=O) groups excluding carboxylic acids is 4. The van der Waals surface area contributed by atoms with Gasteiger partial charge in [0.05, 0.1) is 9.70 Å². The highest BCUT2D eigenvalue weighted by Crippen LogP contribution is 2.74. The van der Waals surface area contributed by atoms with E-state index < -0.39 is 50.5 Å². The van der Waals surface area contributed by atoms with Gasteiger partial charge in [-0.1, -0.05) is 62.2 Å². The summed E-state index contributed by atoms with van der Waals surface area (Å²) in [6.45, 7) is 8.86. The molecule has 4 rings (SSSR count). The van der Waals surface area contributed by atoms with Gasteiger partial charge >= 0.3 is 11.9 Å². The first-order valence-electron chi connectivity index (χ1n) is 13.0. The first kappa shape index (κ1) is 28.8. The van der Waals surface area contributed by atoms with Crippen molar-refractivity contribution in [2.75, 3.05) is 6.61 Å². The van der Waals surface area contributed by atoms with Crippen molar-refractivity contribution in [3.8, 4) is 0 Å². The number of hydrogen-bond donors (Lipinski definition) is 0. The van der Waals surface area contributed by atoms with Crippen molar-refractivity contribution < 1.29 is 28.7 Å². The maximum atomic E-state index is 14.0. The summed E-state index contributed by atoms with van der Waals surface area (Å²) in [5.74, 6) is -2.12. The van der Waals surface area contributed by atoms with Crippen LogP contribution in [0.15, 0.2) is 23.8 Å². The van der Waals surface area contributed by atoms with E-state index in [1.807, 2.05) is 19.9 Å². The molecule has 9 atom stereocenters. The number of halogens is 3. The van der Waals surface area contributed by atoms with Crippen molar-refractivity contribution in [3.63, 3.8) is 0 Å². The standard InChI is InChI=1S/C28H35BrCl2O6/c1-6-22(34)36-14-21(33)28(37-23(35)7-2)15(3)10-18-24-19(30)12-16-11-17(32)8-9-25(16,4)27(24,29)20(31)13-26(18,28)5/h8-9,11,15,18-20,24H,6-7,10,12-14H2,1-5H3/t15-,18+,19-,20+,24-,25+,26+,27-,28-/m1/s1. The lowest BCUT2D eigenvalue weighted by Gasteiger charge is -2.65. The van der Waals surface area contributed by atoms with E-state index in [1.165, 1.54) is 0 Å². The van der Waals surface area contributed by atoms with Gasteiger partial charge in [-0.3, -0.25) is 19.2 Å². The molecule has 4 aliphatic rings. The summed E-state index contributed by atoms with van der Waals surface area (Å²) < 4.78 is 10.7. The molecule has 3 fully saturated rings. The Morgan fingerprint density at radius 1 is 1.14 bits per heavy atom. The molecule has 3 saturated carbocycles. The molecule has 0 radical (unpaired) electrons. The molecule has 0 aromatic rings. The molecule has 6 nitrogen and oxygen atoms in total. The molecule has 0 aliphatic heterocycles. The van der Waals surface area contributed by atoms with Crippen LogP contribution in [0.5, 0.6) is 0 Å². The number of Topliss-reactive ketones (excluding diaryl/α,β-unsaturated/α-hetero) is 1. The molecule has 0 bridgehead atoms. The van der Waals surface area contributed by atoms with Gasteiger partial charge in [0.2, 0.25) is 5.78 Å². The average molecular weight is 618 g/mol. The van der Waals surface area contributed by atoms with Gasteiger partial charge in [0.25, 0.3) is 0 Å². The minimum absolute atomic E-state index is 0.0649. The third-order valence-corrected chi connectivity index (χ3v) is 12.8. The Balaban J connectivity index is 1.84. The zero-order chi connectivity index (χ0) is 27.6. The van der Waals surface area contributed by atoms with E-state index in [1.54, 1.807) is 26.0 Å². The van der Waals surface area contributed by atoms with E-state index in [9.17, 15) is 19.2 Å². The van der Waals surface area contributed by atoms with Gasteiger partial charge < -0.3 is 9.47 Å². The Labute approximate surface area is 237 Å². The molecule has 204 valence electrons. The van der Waals surface area contributed by atoms with Gasteiger partial charge in [0.15, 0.2) is 18.0 Å². The SMILES string of the molecule is CCC(=O)OCC(=O)[C@]1(OC(=O)CC)[C@H](C)C[C@H]2[C@@H]3[C@H](Cl)CC4=CC(=O)C=C[C@]4(C)[C@@]3(Br)[C@@H](Cl)C[C@@]21C. The third kappa shape index (κ3) is 3.92. The number of fused-ring (bicyclic) bond motifs is 5. The molecule has 37 heavy (non-hydrogen) atoms. The van der Waals surface area contributed by atoms with Gasteiger partial charge in [-0.15, -0.1) is 23.2 Å². The van der Waals surface area contributed by atoms with Crippen molar-refractivity contribution in [1.29, 1.82) is 0 Å². The highest BCUT2D eigenvalue weighted by molar-refractivity contribution is 9.10. The molecule has 0 aromatic carbocycles. The molecule has 4 aliphatic carbocycles. The monoisotopic (exact) mass is 616 g/mol. The second-order valence-corrected chi connectivity index (χ2v) is 13.9. The number of carbonyl (C=O) groups is 4. The van der Waals surface area contributed by atoms with Crippen LogP contribution < -0.4 is 0 Å². The lowest BCUT2D eigenvalue weighted by Crippen LogP contribution is -2.70. The second-order valence-electron chi connectivity index (χ2n) is 11.5. The Morgan fingerprint density at radius 3 is 2.41 bits per heavy atom. The summed E-state index contributed by atoms with van der Waals surface area (Å²) >= 11 is 18.6. The number of hydrogen-bond acceptors (Lipinski definition) is 6. The summed E-state index contributed by atoms with van der Waals surface area (Å²) in [5.41, 5.74) is -1.97. The Morgan fingerprint density at radius 2 is 1.78 bits per heavy atom. The molecule has 0 aromatic heterocycles. The zero-order valence-corrected chi connectivity index (χ0v) is 25.0. The van der Waals surface area contributed by atoms with Crippen molar-refractivity contribution in [1.82, 2.24) is 0 Å². The Kier molecular flexibility index (Phi) is 7.62. The van der Waals surface area contributed by atoms with Crippen LogP contribution in [0.4, 0.5) is 0 Å². The van der Waals surface area contributed by atoms with Crippen LogP contribution in [0.1, 0.15) is 66.7 Å². The summed E-state index contributed by atoms with van der Waals surface area (Å²) in [5, 5.41) is -0.871. The fraction of sp³-hybridized carbons (Fsp3) is 0.714. The van der Waals surface area contributed by atoms with Crippen LogP contribution in [-0.4, -0.2) is 50.8 Å². The lowest BCUT2D eigenvalue weighted by atomic mass is 9.46. The maximum Gasteiger partial charge on any atom is 0.306 e. The van der Waals surface area contributed by atoms with Crippen LogP contribution in [0, 0.1) is 28.6 Å². The van der Waals surface area contributed by atoms with E-state index >= 15 is 0 Å². The topological polar surface area (TPSA) is 86.7 Å². The van der Waals surface area contributed by atoms with Crippen LogP contribution in [-0.2, 0) is 28.7 Å². The maximum absolute atomic E-state index is 14.0. The van der Waals surface area contributed by atoms with Gasteiger partial charge in [0, 0.05) is 35.0 Å². The van der Waals surface area contributed by atoms with Gasteiger partial charge in [-0.25, -0.2) is 0 Å². The smallest absolute Gasteiger partial charge is 0.306 e. The first-order chi connectivity index (χ1) is 17.2. The van der Waals surface area contributed by atoms with Crippen molar-refractivity contribution in [2.45, 2.75) is 87.4 Å². The predicted octanol–water partition coefficient (Wildman–Crippen LogP) is 5.71. The van der Waals surface area contributed by atoms with E-state index in [0.717, 1.165) is 5.57 Å². The number of rotatable bonds is 6. The molecule has 0 N–H and O–H groups in total. The molecular weight excluding hydrogens is 583 g/mol. The number of alkyl halides is 3. The second kappa shape index (κ2) is 9.78. The van der Waals surface area contributed by atoms with Crippen molar-refractivity contribution in [2.24, 2.45) is 28.6 Å². The van der Waals surface area contributed by atoms with Gasteiger partial charge in [-0.05, 0) is 43.3 Å². The van der Waals surface area contributed by atoms with Gasteiger partial charge in [-0.2, -0.15) is 0 Å². The number of allylic oxidation sites excluding steroid dienone is 4. The largest absolute Gasteiger partial charge is 0.457 e. The molecule has 0 unspecified atom stereocenters. The highest BCUT2D eigenvalue weighted by atomic mass is 79.9. The quantitative estimate of drug-likeness (QED) is 0.280. The van der Waals surface area contributed by atoms with E-state index in [0.29, 0.717) is 19.3 Å². The predicted molar refractivity (Wildman–Crippen MR) is 145 cm³/mol. The van der Waals surface area contributed by atoms with Gasteiger partial charge in [0.1, 0.15) is 0 Å². The number of ether oxygens (including phenoxy) is 2. The van der Waals surface area contributed by atoms with Crippen LogP contribution in [0.25, 0.3) is 0 Å². The molecule has 0 amide bonds. The van der Waals surface area contributed by atoms with Crippen molar-refractivity contribution >= 4 is 62.6 Å². The summed E-state index contributed by atoms with van der Waals surface area (Å²) in [4.78, 5) is 50.9. The Hall–Kier alpha value is -1.18. The molecule has 0 saturated heterocycles. The Bertz CT molecular complexity index is 1090. The minimum atomic E-state index is -1.51. The lowest BCUT2D eigenvalue weighted by molar-refractivity contribution is -0.195. The summed E-state index contributed by atoms with van der Waals surface area (Å²) in [6.07, 6.45) is 6.91. The van der Waals surface area contributed by atoms with Crippen LogP contribution in [0.2, 0.25) is 0 Å². The molecule has 9 heteroatoms. The minimum Gasteiger partial charge on any atom is -0.457 e. The summed E-state index contributed by atoms with van der Waals surface area (Å²) in [6, 6.07) is 0. The van der Waals surface area contributed by atoms with E-state index in [-0.39, 0.29) is 41.8 Å². The van der Waals surface area contributed by atoms with Crippen molar-refractivity contribution in [3.05, 3.63) is 23.8 Å². The van der Waals surface area contributed by atoms with Crippen LogP contribution >= 0.6 is 39.1 Å². The number of ketones is 2. The fourth-order valence-electron chi connectivity index (χ4n) is 7.88. The average Bonchev–Trinajstić information content (AvgIpc) is 3.05. The fourth-order valence-corrected chi connectivity index (χ4v) is 10.5. The third-order valence-electron chi connectivity index (χ3n) is 9.74. The molecule has 0 spiro atoms. The zero-order valence-electron chi connectivity index (χ0n) is 21.9. The highest BCUT2D eigenvalue weighted by Gasteiger charge is 2.77. The molecular formula is C28H35BrCl2O6. The van der Waals surface area contributed by atoms with E-state index in [2.05, 4.69) is 22.9 Å². The molecule has 0 heterocycles.